The maximum Gasteiger partial charge on any atom is 0.166 e. The van der Waals surface area contributed by atoms with Crippen LogP contribution in [0.1, 0.15) is 33.5 Å². The standard InChI is InChI=1S/C10H17ClN4/c1-9(2)7(10(9,3)4)6-15-8(5-11)12-13-14-15/h7H,5-6H2,1-4H3. The van der Waals surface area contributed by atoms with Crippen molar-refractivity contribution in [2.24, 2.45) is 16.7 Å². The van der Waals surface area contributed by atoms with Gasteiger partial charge in [0.25, 0.3) is 0 Å². The number of halogens is 1. The molecule has 4 nitrogen and oxygen atoms in total. The molecule has 1 heterocycles. The van der Waals surface area contributed by atoms with Gasteiger partial charge in [0, 0.05) is 6.54 Å². The summed E-state index contributed by atoms with van der Waals surface area (Å²) in [7, 11) is 0. The third-order valence-electron chi connectivity index (χ3n) is 4.40. The predicted octanol–water partition coefficient (Wildman–Crippen LogP) is 2.09. The summed E-state index contributed by atoms with van der Waals surface area (Å²) in [5.41, 5.74) is 0.727. The molecule has 1 aromatic heterocycles. The van der Waals surface area contributed by atoms with E-state index in [9.17, 15) is 0 Å². The van der Waals surface area contributed by atoms with Crippen LogP contribution in [0.2, 0.25) is 0 Å². The molecule has 0 spiro atoms. The second-order valence-electron chi connectivity index (χ2n) is 5.41. The van der Waals surface area contributed by atoms with Crippen LogP contribution in [0.5, 0.6) is 0 Å². The molecule has 1 saturated carbocycles. The Kier molecular flexibility index (Phi) is 2.30. The molecular weight excluding hydrogens is 212 g/mol. The molecule has 0 N–H and O–H groups in total. The van der Waals surface area contributed by atoms with Crippen LogP contribution in [0.3, 0.4) is 0 Å². The monoisotopic (exact) mass is 228 g/mol. The highest BCUT2D eigenvalue weighted by Gasteiger charge is 2.64. The molecular formula is C10H17ClN4. The van der Waals surface area contributed by atoms with Crippen molar-refractivity contribution < 1.29 is 0 Å². The summed E-state index contributed by atoms with van der Waals surface area (Å²) >= 11 is 5.76. The Morgan fingerprint density at radius 3 is 2.33 bits per heavy atom. The third-order valence-corrected chi connectivity index (χ3v) is 4.64. The molecule has 0 aromatic carbocycles. The highest BCUT2D eigenvalue weighted by atomic mass is 35.5. The van der Waals surface area contributed by atoms with Gasteiger partial charge in [-0.1, -0.05) is 27.7 Å². The highest BCUT2D eigenvalue weighted by molar-refractivity contribution is 6.16. The van der Waals surface area contributed by atoms with E-state index in [1.165, 1.54) is 0 Å². The fourth-order valence-electron chi connectivity index (χ4n) is 2.42. The first kappa shape index (κ1) is 10.9. The molecule has 0 atom stereocenters. The van der Waals surface area contributed by atoms with Gasteiger partial charge in [0.2, 0.25) is 0 Å². The summed E-state index contributed by atoms with van der Waals surface area (Å²) in [5.74, 6) is 1.76. The van der Waals surface area contributed by atoms with Crippen LogP contribution in [0, 0.1) is 16.7 Å². The van der Waals surface area contributed by atoms with Crippen LogP contribution >= 0.6 is 11.6 Å². The zero-order valence-electron chi connectivity index (χ0n) is 9.66. The van der Waals surface area contributed by atoms with Crippen LogP contribution in [-0.4, -0.2) is 20.2 Å². The summed E-state index contributed by atoms with van der Waals surface area (Å²) in [6.07, 6.45) is 0. The number of alkyl halides is 1. The van der Waals surface area contributed by atoms with Gasteiger partial charge in [-0.15, -0.1) is 16.7 Å². The van der Waals surface area contributed by atoms with Crippen LogP contribution in [0.15, 0.2) is 0 Å². The molecule has 1 fully saturated rings. The number of tetrazole rings is 1. The molecule has 5 heteroatoms. The molecule has 0 saturated heterocycles. The first-order valence-electron chi connectivity index (χ1n) is 5.22. The van der Waals surface area contributed by atoms with Crippen molar-refractivity contribution in [1.82, 2.24) is 20.2 Å². The maximum atomic E-state index is 5.76. The van der Waals surface area contributed by atoms with Gasteiger partial charge in [0.05, 0.1) is 5.88 Å². The van der Waals surface area contributed by atoms with E-state index < -0.39 is 0 Å². The van der Waals surface area contributed by atoms with E-state index in [1.54, 1.807) is 0 Å². The van der Waals surface area contributed by atoms with E-state index in [2.05, 4.69) is 43.2 Å². The van der Waals surface area contributed by atoms with Gasteiger partial charge in [-0.25, -0.2) is 4.68 Å². The Labute approximate surface area is 95.0 Å². The first-order chi connectivity index (χ1) is 6.91. The molecule has 1 aromatic rings. The van der Waals surface area contributed by atoms with Gasteiger partial charge < -0.3 is 0 Å². The molecule has 0 amide bonds. The topological polar surface area (TPSA) is 43.6 Å². The fraction of sp³-hybridized carbons (Fsp3) is 0.900. The van der Waals surface area contributed by atoms with E-state index in [4.69, 9.17) is 11.6 Å². The first-order valence-corrected chi connectivity index (χ1v) is 5.75. The Hall–Kier alpha value is -0.640. The Morgan fingerprint density at radius 2 is 1.87 bits per heavy atom. The van der Waals surface area contributed by atoms with Crippen molar-refractivity contribution in [1.29, 1.82) is 0 Å². The third kappa shape index (κ3) is 1.46. The number of nitrogens with zero attached hydrogens (tertiary/aromatic N) is 4. The average molecular weight is 229 g/mol. The minimum absolute atomic E-state index is 0.364. The summed E-state index contributed by atoms with van der Waals surface area (Å²) in [5, 5.41) is 11.5. The van der Waals surface area contributed by atoms with Gasteiger partial charge in [-0.2, -0.15) is 0 Å². The quantitative estimate of drug-likeness (QED) is 0.745. The lowest BCUT2D eigenvalue weighted by atomic mass is 10.0. The highest BCUT2D eigenvalue weighted by Crippen LogP contribution is 2.68. The number of hydrogen-bond donors (Lipinski definition) is 0. The predicted molar refractivity (Wildman–Crippen MR) is 58.4 cm³/mol. The van der Waals surface area contributed by atoms with Crippen LogP contribution in [0.25, 0.3) is 0 Å². The van der Waals surface area contributed by atoms with Gasteiger partial charge in [-0.05, 0) is 27.2 Å². The molecule has 0 unspecified atom stereocenters. The summed E-state index contributed by atoms with van der Waals surface area (Å²) in [6.45, 7) is 10.0. The van der Waals surface area contributed by atoms with Gasteiger partial charge in [-0.3, -0.25) is 0 Å². The van der Waals surface area contributed by atoms with E-state index in [1.807, 2.05) is 4.68 Å². The van der Waals surface area contributed by atoms with E-state index in [0.717, 1.165) is 12.4 Å². The second kappa shape index (κ2) is 3.17. The lowest BCUT2D eigenvalue weighted by molar-refractivity contribution is 0.457. The number of rotatable bonds is 3. The lowest BCUT2D eigenvalue weighted by Gasteiger charge is -2.04. The normalized spacial score (nSPS) is 23.0. The molecule has 0 bridgehead atoms. The molecule has 0 radical (unpaired) electrons. The molecule has 15 heavy (non-hydrogen) atoms. The zero-order valence-corrected chi connectivity index (χ0v) is 10.4. The summed E-state index contributed by atoms with van der Waals surface area (Å²) in [4.78, 5) is 0. The minimum atomic E-state index is 0.364. The van der Waals surface area contributed by atoms with Crippen molar-refractivity contribution in [3.05, 3.63) is 5.82 Å². The zero-order chi connectivity index (χ0) is 11.3. The molecule has 84 valence electrons. The second-order valence-corrected chi connectivity index (χ2v) is 5.67. The van der Waals surface area contributed by atoms with Crippen molar-refractivity contribution in [2.45, 2.75) is 40.1 Å². The van der Waals surface area contributed by atoms with Crippen LogP contribution in [0.4, 0.5) is 0 Å². The van der Waals surface area contributed by atoms with Gasteiger partial charge in [0.1, 0.15) is 0 Å². The molecule has 1 aliphatic rings. The van der Waals surface area contributed by atoms with Crippen LogP contribution < -0.4 is 0 Å². The smallest absolute Gasteiger partial charge is 0.166 e. The Morgan fingerprint density at radius 1 is 1.27 bits per heavy atom. The van der Waals surface area contributed by atoms with E-state index >= 15 is 0 Å². The molecule has 0 aliphatic heterocycles. The van der Waals surface area contributed by atoms with E-state index in [0.29, 0.717) is 22.6 Å². The lowest BCUT2D eigenvalue weighted by Crippen LogP contribution is -2.09. The van der Waals surface area contributed by atoms with Crippen molar-refractivity contribution in [3.63, 3.8) is 0 Å². The van der Waals surface area contributed by atoms with Gasteiger partial charge in [0.15, 0.2) is 5.82 Å². The SMILES string of the molecule is CC1(C)C(Cn2nnnc2CCl)C1(C)C. The number of aromatic nitrogens is 4. The van der Waals surface area contributed by atoms with E-state index in [-0.39, 0.29) is 0 Å². The average Bonchev–Trinajstić information content (AvgIpc) is 2.59. The number of hydrogen-bond acceptors (Lipinski definition) is 3. The summed E-state index contributed by atoms with van der Waals surface area (Å²) < 4.78 is 1.83. The maximum absolute atomic E-state index is 5.76. The van der Waals surface area contributed by atoms with Crippen molar-refractivity contribution >= 4 is 11.6 Å². The van der Waals surface area contributed by atoms with Crippen molar-refractivity contribution in [3.8, 4) is 0 Å². The van der Waals surface area contributed by atoms with Crippen molar-refractivity contribution in [2.75, 3.05) is 0 Å². The fourth-order valence-corrected chi connectivity index (χ4v) is 2.61. The molecule has 1 aliphatic carbocycles. The Balaban J connectivity index is 2.12. The largest absolute Gasteiger partial charge is 0.228 e. The van der Waals surface area contributed by atoms with Gasteiger partial charge >= 0.3 is 0 Å². The Bertz CT molecular complexity index is 355. The van der Waals surface area contributed by atoms with Crippen LogP contribution in [-0.2, 0) is 12.4 Å². The minimum Gasteiger partial charge on any atom is -0.228 e. The molecule has 2 rings (SSSR count). The summed E-state index contributed by atoms with van der Waals surface area (Å²) in [6, 6.07) is 0.